The van der Waals surface area contributed by atoms with E-state index in [0.29, 0.717) is 0 Å². The molecule has 1 heterocycles. The molecule has 0 radical (unpaired) electrons. The number of hydrogen-bond acceptors (Lipinski definition) is 2. The van der Waals surface area contributed by atoms with E-state index < -0.39 is 0 Å². The molecule has 2 nitrogen and oxygen atoms in total. The van der Waals surface area contributed by atoms with Crippen LogP contribution in [0, 0.1) is 6.92 Å². The predicted molar refractivity (Wildman–Crippen MR) is 86.5 cm³/mol. The molecule has 1 aliphatic heterocycles. The summed E-state index contributed by atoms with van der Waals surface area (Å²) in [6.07, 6.45) is 2.44. The second kappa shape index (κ2) is 5.58. The third-order valence-corrected chi connectivity index (χ3v) is 3.97. The van der Waals surface area contributed by atoms with Crippen LogP contribution >= 0.6 is 0 Å². The van der Waals surface area contributed by atoms with Crippen molar-refractivity contribution in [2.75, 3.05) is 23.8 Å². The molecule has 0 fully saturated rings. The van der Waals surface area contributed by atoms with E-state index in [4.69, 9.17) is 0 Å². The lowest BCUT2D eigenvalue weighted by atomic mass is 10.0. The zero-order chi connectivity index (χ0) is 13.9. The number of fused-ring (bicyclic) bond motifs is 1. The molecule has 0 bridgehead atoms. The van der Waals surface area contributed by atoms with Crippen LogP contribution in [0.1, 0.15) is 23.1 Å². The van der Waals surface area contributed by atoms with Gasteiger partial charge in [0.05, 0.1) is 0 Å². The van der Waals surface area contributed by atoms with Gasteiger partial charge in [0, 0.05) is 31.5 Å². The highest BCUT2D eigenvalue weighted by atomic mass is 15.1. The van der Waals surface area contributed by atoms with Crippen LogP contribution in [0.25, 0.3) is 0 Å². The first-order chi connectivity index (χ1) is 9.72. The highest BCUT2D eigenvalue weighted by Crippen LogP contribution is 2.24. The standard InChI is InChI=1S/C18H22N2/c1-14-5-3-7-17(11-14)20(2)13-15-8-9-18-16(12-15)6-4-10-19-18/h3,5,7-9,11-12,19H,4,6,10,13H2,1-2H3. The quantitative estimate of drug-likeness (QED) is 0.903. The Kier molecular flexibility index (Phi) is 3.64. The fourth-order valence-corrected chi connectivity index (χ4v) is 2.86. The zero-order valence-electron chi connectivity index (χ0n) is 12.3. The highest BCUT2D eigenvalue weighted by Gasteiger charge is 2.10. The SMILES string of the molecule is Cc1cccc(N(C)Cc2ccc3c(c2)CCCN3)c1. The lowest BCUT2D eigenvalue weighted by Crippen LogP contribution is -2.17. The lowest BCUT2D eigenvalue weighted by Gasteiger charge is -2.22. The van der Waals surface area contributed by atoms with E-state index in [1.54, 1.807) is 0 Å². The molecule has 1 N–H and O–H groups in total. The fraction of sp³-hybridized carbons (Fsp3) is 0.333. The van der Waals surface area contributed by atoms with Crippen LogP contribution in [0.15, 0.2) is 42.5 Å². The molecular weight excluding hydrogens is 244 g/mol. The molecule has 1 aliphatic rings. The van der Waals surface area contributed by atoms with Crippen molar-refractivity contribution in [3.05, 3.63) is 59.2 Å². The van der Waals surface area contributed by atoms with Gasteiger partial charge in [0.2, 0.25) is 0 Å². The molecule has 20 heavy (non-hydrogen) atoms. The minimum Gasteiger partial charge on any atom is -0.385 e. The van der Waals surface area contributed by atoms with Crippen molar-refractivity contribution in [1.29, 1.82) is 0 Å². The van der Waals surface area contributed by atoms with Gasteiger partial charge in [-0.05, 0) is 54.7 Å². The third kappa shape index (κ3) is 2.79. The van der Waals surface area contributed by atoms with Crippen LogP contribution in [0.5, 0.6) is 0 Å². The molecule has 0 spiro atoms. The maximum atomic E-state index is 3.47. The largest absolute Gasteiger partial charge is 0.385 e. The van der Waals surface area contributed by atoms with Gasteiger partial charge in [-0.2, -0.15) is 0 Å². The van der Waals surface area contributed by atoms with Crippen LogP contribution in [-0.2, 0) is 13.0 Å². The molecule has 2 aromatic carbocycles. The minimum atomic E-state index is 0.955. The van der Waals surface area contributed by atoms with Crippen LogP contribution < -0.4 is 10.2 Å². The molecule has 0 amide bonds. The maximum absolute atomic E-state index is 3.47. The van der Waals surface area contributed by atoms with Gasteiger partial charge >= 0.3 is 0 Å². The van der Waals surface area contributed by atoms with Gasteiger partial charge in [-0.3, -0.25) is 0 Å². The van der Waals surface area contributed by atoms with Crippen molar-refractivity contribution < 1.29 is 0 Å². The van der Waals surface area contributed by atoms with Crippen molar-refractivity contribution >= 4 is 11.4 Å². The zero-order valence-corrected chi connectivity index (χ0v) is 12.3. The van der Waals surface area contributed by atoms with E-state index >= 15 is 0 Å². The Morgan fingerprint density at radius 1 is 1.15 bits per heavy atom. The number of anilines is 2. The minimum absolute atomic E-state index is 0.955. The van der Waals surface area contributed by atoms with Crippen molar-refractivity contribution in [2.24, 2.45) is 0 Å². The summed E-state index contributed by atoms with van der Waals surface area (Å²) in [6, 6.07) is 15.5. The van der Waals surface area contributed by atoms with Crippen LogP contribution in [0.3, 0.4) is 0 Å². The van der Waals surface area contributed by atoms with Gasteiger partial charge in [0.1, 0.15) is 0 Å². The maximum Gasteiger partial charge on any atom is 0.0426 e. The molecule has 0 unspecified atom stereocenters. The second-order valence-corrected chi connectivity index (χ2v) is 5.72. The lowest BCUT2D eigenvalue weighted by molar-refractivity contribution is 0.824. The van der Waals surface area contributed by atoms with E-state index in [9.17, 15) is 0 Å². The average molecular weight is 266 g/mol. The molecule has 0 saturated heterocycles. The van der Waals surface area contributed by atoms with Gasteiger partial charge in [-0.1, -0.05) is 24.3 Å². The van der Waals surface area contributed by atoms with Gasteiger partial charge in [-0.15, -0.1) is 0 Å². The number of rotatable bonds is 3. The highest BCUT2D eigenvalue weighted by molar-refractivity contribution is 5.55. The summed E-state index contributed by atoms with van der Waals surface area (Å²) in [5.41, 5.74) is 6.76. The monoisotopic (exact) mass is 266 g/mol. The molecule has 0 saturated carbocycles. The Labute approximate surface area is 121 Å². The number of nitrogens with one attached hydrogen (secondary N) is 1. The smallest absolute Gasteiger partial charge is 0.0426 e. The Hall–Kier alpha value is -1.96. The van der Waals surface area contributed by atoms with E-state index in [-0.39, 0.29) is 0 Å². The Morgan fingerprint density at radius 2 is 2.05 bits per heavy atom. The van der Waals surface area contributed by atoms with E-state index in [1.807, 2.05) is 0 Å². The number of nitrogens with zero attached hydrogens (tertiary/aromatic N) is 1. The van der Waals surface area contributed by atoms with Gasteiger partial charge in [0.15, 0.2) is 0 Å². The molecule has 0 aromatic heterocycles. The molecule has 3 rings (SSSR count). The summed E-state index contributed by atoms with van der Waals surface area (Å²) in [7, 11) is 2.16. The van der Waals surface area contributed by atoms with Crippen LogP contribution in [0.2, 0.25) is 0 Å². The first-order valence-corrected chi connectivity index (χ1v) is 7.36. The number of hydrogen-bond donors (Lipinski definition) is 1. The predicted octanol–water partition coefficient (Wildman–Crippen LogP) is 3.99. The van der Waals surface area contributed by atoms with E-state index in [2.05, 4.69) is 66.7 Å². The summed E-state index contributed by atoms with van der Waals surface area (Å²) in [6.45, 7) is 4.20. The second-order valence-electron chi connectivity index (χ2n) is 5.72. The van der Waals surface area contributed by atoms with E-state index in [1.165, 1.54) is 40.9 Å². The van der Waals surface area contributed by atoms with Crippen molar-refractivity contribution in [2.45, 2.75) is 26.3 Å². The Bertz CT molecular complexity index is 604. The molecule has 2 heteroatoms. The summed E-state index contributed by atoms with van der Waals surface area (Å²) in [5, 5.41) is 3.47. The average Bonchev–Trinajstić information content (AvgIpc) is 2.47. The molecule has 0 aliphatic carbocycles. The Morgan fingerprint density at radius 3 is 2.90 bits per heavy atom. The normalized spacial score (nSPS) is 13.5. The van der Waals surface area contributed by atoms with Crippen LogP contribution in [-0.4, -0.2) is 13.6 Å². The molecule has 2 aromatic rings. The van der Waals surface area contributed by atoms with Crippen molar-refractivity contribution in [1.82, 2.24) is 0 Å². The molecule has 0 atom stereocenters. The van der Waals surface area contributed by atoms with Gasteiger partial charge in [0.25, 0.3) is 0 Å². The van der Waals surface area contributed by atoms with Crippen molar-refractivity contribution in [3.8, 4) is 0 Å². The third-order valence-electron chi connectivity index (χ3n) is 3.97. The van der Waals surface area contributed by atoms with Gasteiger partial charge < -0.3 is 10.2 Å². The summed E-state index contributed by atoms with van der Waals surface area (Å²) in [5.74, 6) is 0. The van der Waals surface area contributed by atoms with Gasteiger partial charge in [-0.25, -0.2) is 0 Å². The Balaban J connectivity index is 1.77. The van der Waals surface area contributed by atoms with Crippen molar-refractivity contribution in [3.63, 3.8) is 0 Å². The molecular formula is C18H22N2. The number of aryl methyl sites for hydroxylation is 2. The topological polar surface area (TPSA) is 15.3 Å². The van der Waals surface area contributed by atoms with Crippen LogP contribution in [0.4, 0.5) is 11.4 Å². The first-order valence-electron chi connectivity index (χ1n) is 7.36. The fourth-order valence-electron chi connectivity index (χ4n) is 2.86. The molecule has 104 valence electrons. The summed E-state index contributed by atoms with van der Waals surface area (Å²) in [4.78, 5) is 2.31. The first kappa shape index (κ1) is 13.0. The summed E-state index contributed by atoms with van der Waals surface area (Å²) < 4.78 is 0. The summed E-state index contributed by atoms with van der Waals surface area (Å²) >= 11 is 0. The number of benzene rings is 2. The van der Waals surface area contributed by atoms with E-state index in [0.717, 1.165) is 13.1 Å².